The maximum atomic E-state index is 12.9. The average molecular weight is 463 g/mol. The number of rotatable bonds is 5. The first-order valence-electron chi connectivity index (χ1n) is 10.1. The Bertz CT molecular complexity index is 1460. The first kappa shape index (κ1) is 20.5. The van der Waals surface area contributed by atoms with Gasteiger partial charge in [-0.25, -0.2) is 8.42 Å². The van der Waals surface area contributed by atoms with Crippen LogP contribution in [-0.4, -0.2) is 14.3 Å². The van der Waals surface area contributed by atoms with Crippen molar-refractivity contribution in [3.8, 4) is 0 Å². The Morgan fingerprint density at radius 2 is 1.53 bits per heavy atom. The lowest BCUT2D eigenvalue weighted by Gasteiger charge is -2.13. The number of halogens is 1. The van der Waals surface area contributed by atoms with E-state index in [2.05, 4.69) is 22.2 Å². The molecule has 0 spiro atoms. The van der Waals surface area contributed by atoms with Gasteiger partial charge in [0.25, 0.3) is 15.9 Å². The minimum absolute atomic E-state index is 0.130. The minimum Gasteiger partial charge on any atom is -0.321 e. The topological polar surface area (TPSA) is 75.3 Å². The lowest BCUT2D eigenvalue weighted by molar-refractivity contribution is 0.102. The summed E-state index contributed by atoms with van der Waals surface area (Å²) in [5.41, 5.74) is 3.87. The molecule has 32 heavy (non-hydrogen) atoms. The van der Waals surface area contributed by atoms with Crippen LogP contribution >= 0.6 is 11.6 Å². The summed E-state index contributed by atoms with van der Waals surface area (Å²) >= 11 is 6.31. The van der Waals surface area contributed by atoms with Crippen molar-refractivity contribution in [1.29, 1.82) is 0 Å². The van der Waals surface area contributed by atoms with E-state index in [0.29, 0.717) is 5.56 Å². The van der Waals surface area contributed by atoms with Crippen LogP contribution in [0.4, 0.5) is 11.4 Å². The standard InChI is InChI=1S/C25H19ClN2O3S/c26-21-15-18(12-14-23(21)28-32(30,31)19-6-2-1-3-7-19)25(29)27-22-13-11-17-10-9-16-5-4-8-20(22)24(16)17/h1-8,11-15,28H,9-10H2,(H,27,29). The molecule has 1 amide bonds. The van der Waals surface area contributed by atoms with E-state index >= 15 is 0 Å². The fourth-order valence-corrected chi connectivity index (χ4v) is 5.48. The van der Waals surface area contributed by atoms with Gasteiger partial charge in [-0.2, -0.15) is 0 Å². The minimum atomic E-state index is -3.78. The molecule has 4 aromatic carbocycles. The molecule has 0 unspecified atom stereocenters. The first-order chi connectivity index (χ1) is 15.4. The summed E-state index contributed by atoms with van der Waals surface area (Å²) in [6.45, 7) is 0. The summed E-state index contributed by atoms with van der Waals surface area (Å²) in [6, 6.07) is 22.6. The molecular weight excluding hydrogens is 444 g/mol. The van der Waals surface area contributed by atoms with Gasteiger partial charge in [-0.3, -0.25) is 9.52 Å². The predicted octanol–water partition coefficient (Wildman–Crippen LogP) is 5.64. The second-order valence-electron chi connectivity index (χ2n) is 7.68. The maximum absolute atomic E-state index is 12.9. The third kappa shape index (κ3) is 3.72. The summed E-state index contributed by atoms with van der Waals surface area (Å²) in [5, 5.41) is 5.34. The molecule has 0 aliphatic heterocycles. The van der Waals surface area contributed by atoms with Crippen molar-refractivity contribution < 1.29 is 13.2 Å². The van der Waals surface area contributed by atoms with E-state index in [9.17, 15) is 13.2 Å². The number of hydrogen-bond acceptors (Lipinski definition) is 3. The van der Waals surface area contributed by atoms with Gasteiger partial charge in [0.2, 0.25) is 0 Å². The molecule has 0 saturated carbocycles. The van der Waals surface area contributed by atoms with Crippen LogP contribution in [0, 0.1) is 0 Å². The van der Waals surface area contributed by atoms with Crippen molar-refractivity contribution in [2.45, 2.75) is 17.7 Å². The van der Waals surface area contributed by atoms with Crippen LogP contribution in [0.1, 0.15) is 21.5 Å². The molecule has 0 bridgehead atoms. The van der Waals surface area contributed by atoms with Gasteiger partial charge in [0.15, 0.2) is 0 Å². The molecule has 1 aliphatic carbocycles. The summed E-state index contributed by atoms with van der Waals surface area (Å²) in [4.78, 5) is 13.0. The number of anilines is 2. The SMILES string of the molecule is O=C(Nc1ccc2c3c(cccc13)CC2)c1ccc(NS(=O)(=O)c2ccccc2)c(Cl)c1. The summed E-state index contributed by atoms with van der Waals surface area (Å²) < 4.78 is 27.6. The predicted molar refractivity (Wildman–Crippen MR) is 128 cm³/mol. The van der Waals surface area contributed by atoms with Gasteiger partial charge < -0.3 is 5.32 Å². The Balaban J connectivity index is 1.39. The molecule has 0 aromatic heterocycles. The lowest BCUT2D eigenvalue weighted by atomic mass is 10.0. The average Bonchev–Trinajstić information content (AvgIpc) is 3.22. The number of benzene rings is 4. The Hall–Kier alpha value is -3.35. The van der Waals surface area contributed by atoms with Crippen LogP contribution < -0.4 is 10.0 Å². The zero-order chi connectivity index (χ0) is 22.3. The van der Waals surface area contributed by atoms with Gasteiger partial charge in [0.05, 0.1) is 15.6 Å². The van der Waals surface area contributed by atoms with Crippen LogP contribution in [0.2, 0.25) is 5.02 Å². The van der Waals surface area contributed by atoms with Crippen LogP contribution in [0.3, 0.4) is 0 Å². The van der Waals surface area contributed by atoms with Gasteiger partial charge >= 0.3 is 0 Å². The van der Waals surface area contributed by atoms with Crippen molar-refractivity contribution in [3.05, 3.63) is 101 Å². The molecule has 0 fully saturated rings. The van der Waals surface area contributed by atoms with Crippen molar-refractivity contribution in [1.82, 2.24) is 0 Å². The van der Waals surface area contributed by atoms with Gasteiger partial charge in [-0.05, 0) is 65.8 Å². The lowest BCUT2D eigenvalue weighted by Crippen LogP contribution is -2.15. The van der Waals surface area contributed by atoms with E-state index in [0.717, 1.165) is 23.9 Å². The second-order valence-corrected chi connectivity index (χ2v) is 9.77. The molecule has 5 nitrogen and oxygen atoms in total. The molecule has 160 valence electrons. The molecule has 0 radical (unpaired) electrons. The monoisotopic (exact) mass is 462 g/mol. The fourth-order valence-electron chi connectivity index (χ4n) is 4.09. The first-order valence-corrected chi connectivity index (χ1v) is 12.0. The molecule has 5 rings (SSSR count). The van der Waals surface area contributed by atoms with E-state index in [-0.39, 0.29) is 21.5 Å². The summed E-state index contributed by atoms with van der Waals surface area (Å²) in [7, 11) is -3.78. The second kappa shape index (κ2) is 7.97. The molecule has 0 atom stereocenters. The third-order valence-corrected chi connectivity index (χ3v) is 7.35. The van der Waals surface area contributed by atoms with Crippen molar-refractivity contribution >= 4 is 49.7 Å². The fraction of sp³-hybridized carbons (Fsp3) is 0.0800. The Morgan fingerprint density at radius 1 is 0.812 bits per heavy atom. The van der Waals surface area contributed by atoms with Gasteiger partial charge in [-0.15, -0.1) is 0 Å². The van der Waals surface area contributed by atoms with E-state index in [4.69, 9.17) is 11.6 Å². The van der Waals surface area contributed by atoms with Crippen molar-refractivity contribution in [2.24, 2.45) is 0 Å². The zero-order valence-electron chi connectivity index (χ0n) is 16.9. The summed E-state index contributed by atoms with van der Waals surface area (Å²) in [6.07, 6.45) is 2.03. The maximum Gasteiger partial charge on any atom is 0.261 e. The molecule has 0 heterocycles. The number of hydrogen-bond donors (Lipinski definition) is 2. The highest BCUT2D eigenvalue weighted by molar-refractivity contribution is 7.92. The van der Waals surface area contributed by atoms with Crippen LogP contribution in [-0.2, 0) is 22.9 Å². The Morgan fingerprint density at radius 3 is 2.28 bits per heavy atom. The van der Waals surface area contributed by atoms with E-state index in [1.165, 1.54) is 40.8 Å². The van der Waals surface area contributed by atoms with E-state index < -0.39 is 10.0 Å². The molecule has 0 saturated heterocycles. The molecule has 1 aliphatic rings. The number of aryl methyl sites for hydroxylation is 2. The largest absolute Gasteiger partial charge is 0.321 e. The van der Waals surface area contributed by atoms with Crippen LogP contribution in [0.25, 0.3) is 10.8 Å². The smallest absolute Gasteiger partial charge is 0.261 e. The number of carbonyl (C=O) groups excluding carboxylic acids is 1. The highest BCUT2D eigenvalue weighted by Gasteiger charge is 2.19. The number of nitrogens with one attached hydrogen (secondary N) is 2. The number of carbonyl (C=O) groups is 1. The normalized spacial score (nSPS) is 12.7. The van der Waals surface area contributed by atoms with Crippen LogP contribution in [0.15, 0.2) is 83.8 Å². The Kier molecular flexibility index (Phi) is 5.12. The molecule has 4 aromatic rings. The van der Waals surface area contributed by atoms with Crippen molar-refractivity contribution in [3.63, 3.8) is 0 Å². The van der Waals surface area contributed by atoms with E-state index in [1.54, 1.807) is 24.3 Å². The van der Waals surface area contributed by atoms with Gasteiger partial charge in [0, 0.05) is 16.6 Å². The van der Waals surface area contributed by atoms with E-state index in [1.807, 2.05) is 18.2 Å². The third-order valence-electron chi connectivity index (χ3n) is 5.65. The Labute approximate surface area is 191 Å². The molecular formula is C25H19ClN2O3S. The number of amides is 1. The zero-order valence-corrected chi connectivity index (χ0v) is 18.5. The highest BCUT2D eigenvalue weighted by Crippen LogP contribution is 2.35. The summed E-state index contributed by atoms with van der Waals surface area (Å²) in [5.74, 6) is -0.317. The molecule has 7 heteroatoms. The van der Waals surface area contributed by atoms with Crippen molar-refractivity contribution in [2.75, 3.05) is 10.0 Å². The van der Waals surface area contributed by atoms with Gasteiger partial charge in [0.1, 0.15) is 0 Å². The molecule has 2 N–H and O–H groups in total. The van der Waals surface area contributed by atoms with Gasteiger partial charge in [-0.1, -0.05) is 54.1 Å². The quantitative estimate of drug-likeness (QED) is 0.402. The highest BCUT2D eigenvalue weighted by atomic mass is 35.5. The van der Waals surface area contributed by atoms with Crippen LogP contribution in [0.5, 0.6) is 0 Å². The number of sulfonamides is 1.